The van der Waals surface area contributed by atoms with Crippen molar-refractivity contribution in [3.8, 4) is 0 Å². The molecule has 10 heteroatoms. The molecule has 1 saturated heterocycles. The first kappa shape index (κ1) is 22.0. The Hall–Kier alpha value is -2.72. The molecule has 3 rings (SSSR count). The van der Waals surface area contributed by atoms with Crippen LogP contribution in [0, 0.1) is 6.92 Å². The second-order valence-electron chi connectivity index (χ2n) is 7.29. The molecule has 1 N–H and O–H groups in total. The molecular weight excluding hydrogens is 408 g/mol. The average Bonchev–Trinajstić information content (AvgIpc) is 3.04. The SMILES string of the molecule is Cc1cc(NC(=O)COC(=O)Cc2ccc(S(=O)(=O)N3CCCCC3)cc2)n(C)n1. The van der Waals surface area contributed by atoms with Gasteiger partial charge in [-0.05, 0) is 37.5 Å². The molecule has 0 saturated carbocycles. The Morgan fingerprint density at radius 1 is 1.13 bits per heavy atom. The second-order valence-corrected chi connectivity index (χ2v) is 9.23. The van der Waals surface area contributed by atoms with E-state index in [4.69, 9.17) is 4.74 Å². The summed E-state index contributed by atoms with van der Waals surface area (Å²) in [5.74, 6) is -0.522. The molecule has 162 valence electrons. The highest BCUT2D eigenvalue weighted by atomic mass is 32.2. The smallest absolute Gasteiger partial charge is 0.310 e. The molecule has 0 bridgehead atoms. The van der Waals surface area contributed by atoms with E-state index in [-0.39, 0.29) is 11.3 Å². The third-order valence-corrected chi connectivity index (χ3v) is 6.77. The number of nitrogens with zero attached hydrogens (tertiary/aromatic N) is 3. The number of aromatic nitrogens is 2. The number of piperidine rings is 1. The van der Waals surface area contributed by atoms with Crippen molar-refractivity contribution in [2.24, 2.45) is 7.05 Å². The van der Waals surface area contributed by atoms with Crippen LogP contribution < -0.4 is 5.32 Å². The van der Waals surface area contributed by atoms with Crippen LogP contribution >= 0.6 is 0 Å². The molecule has 1 fully saturated rings. The van der Waals surface area contributed by atoms with E-state index in [1.807, 2.05) is 0 Å². The zero-order chi connectivity index (χ0) is 21.7. The quantitative estimate of drug-likeness (QED) is 0.663. The van der Waals surface area contributed by atoms with E-state index in [9.17, 15) is 18.0 Å². The fourth-order valence-electron chi connectivity index (χ4n) is 3.30. The lowest BCUT2D eigenvalue weighted by Crippen LogP contribution is -2.35. The van der Waals surface area contributed by atoms with Crippen LogP contribution in [0.4, 0.5) is 5.82 Å². The van der Waals surface area contributed by atoms with Gasteiger partial charge in [-0.25, -0.2) is 8.42 Å². The number of carbonyl (C=O) groups excluding carboxylic acids is 2. The van der Waals surface area contributed by atoms with Crippen LogP contribution in [0.2, 0.25) is 0 Å². The minimum Gasteiger partial charge on any atom is -0.455 e. The van der Waals surface area contributed by atoms with Crippen LogP contribution in [0.15, 0.2) is 35.2 Å². The van der Waals surface area contributed by atoms with Gasteiger partial charge in [-0.2, -0.15) is 9.40 Å². The molecule has 0 unspecified atom stereocenters. The number of sulfonamides is 1. The van der Waals surface area contributed by atoms with Gasteiger partial charge in [0.15, 0.2) is 6.61 Å². The van der Waals surface area contributed by atoms with Gasteiger partial charge in [0.1, 0.15) is 5.82 Å². The Kier molecular flexibility index (Phi) is 6.88. The summed E-state index contributed by atoms with van der Waals surface area (Å²) in [5, 5.41) is 6.74. The minimum absolute atomic E-state index is 0.0534. The molecule has 1 aromatic heterocycles. The maximum atomic E-state index is 12.7. The molecule has 1 amide bonds. The number of aryl methyl sites for hydroxylation is 2. The molecule has 0 atom stereocenters. The normalized spacial score (nSPS) is 15.0. The number of rotatable bonds is 7. The first-order valence-electron chi connectivity index (χ1n) is 9.81. The summed E-state index contributed by atoms with van der Waals surface area (Å²) < 4.78 is 33.4. The van der Waals surface area contributed by atoms with Crippen molar-refractivity contribution in [2.75, 3.05) is 25.0 Å². The van der Waals surface area contributed by atoms with E-state index in [2.05, 4.69) is 10.4 Å². The lowest BCUT2D eigenvalue weighted by Gasteiger charge is -2.25. The Bertz CT molecular complexity index is 1010. The third kappa shape index (κ3) is 5.45. The van der Waals surface area contributed by atoms with Crippen LogP contribution in [0.3, 0.4) is 0 Å². The van der Waals surface area contributed by atoms with Gasteiger partial charge >= 0.3 is 5.97 Å². The van der Waals surface area contributed by atoms with Crippen LogP contribution in [-0.2, 0) is 37.8 Å². The van der Waals surface area contributed by atoms with E-state index in [0.29, 0.717) is 24.5 Å². The minimum atomic E-state index is -3.50. The predicted octanol–water partition coefficient (Wildman–Crippen LogP) is 1.63. The van der Waals surface area contributed by atoms with Crippen LogP contribution in [0.5, 0.6) is 0 Å². The Balaban J connectivity index is 1.50. The van der Waals surface area contributed by atoms with Gasteiger partial charge in [0.25, 0.3) is 5.91 Å². The molecule has 2 heterocycles. The van der Waals surface area contributed by atoms with Crippen molar-refractivity contribution in [2.45, 2.75) is 37.5 Å². The summed E-state index contributed by atoms with van der Waals surface area (Å²) in [4.78, 5) is 24.2. The van der Waals surface area contributed by atoms with Crippen molar-refractivity contribution in [3.05, 3.63) is 41.6 Å². The van der Waals surface area contributed by atoms with E-state index >= 15 is 0 Å². The van der Waals surface area contributed by atoms with Crippen molar-refractivity contribution in [3.63, 3.8) is 0 Å². The average molecular weight is 435 g/mol. The van der Waals surface area contributed by atoms with E-state index < -0.39 is 28.5 Å². The van der Waals surface area contributed by atoms with Gasteiger partial charge in [0.05, 0.1) is 17.0 Å². The zero-order valence-electron chi connectivity index (χ0n) is 17.1. The number of anilines is 1. The first-order chi connectivity index (χ1) is 14.3. The molecule has 1 aliphatic rings. The Morgan fingerprint density at radius 2 is 1.80 bits per heavy atom. The third-order valence-electron chi connectivity index (χ3n) is 4.86. The van der Waals surface area contributed by atoms with Crippen LogP contribution in [0.25, 0.3) is 0 Å². The summed E-state index contributed by atoms with van der Waals surface area (Å²) >= 11 is 0. The number of nitrogens with one attached hydrogen (secondary N) is 1. The highest BCUT2D eigenvalue weighted by Crippen LogP contribution is 2.21. The fraction of sp³-hybridized carbons (Fsp3) is 0.450. The summed E-state index contributed by atoms with van der Waals surface area (Å²) in [5.41, 5.74) is 1.37. The highest BCUT2D eigenvalue weighted by molar-refractivity contribution is 7.89. The Morgan fingerprint density at radius 3 is 2.40 bits per heavy atom. The number of amides is 1. The van der Waals surface area contributed by atoms with Crippen LogP contribution in [-0.4, -0.2) is 54.1 Å². The zero-order valence-corrected chi connectivity index (χ0v) is 17.9. The highest BCUT2D eigenvalue weighted by Gasteiger charge is 2.25. The van der Waals surface area contributed by atoms with Gasteiger partial charge in [0, 0.05) is 26.2 Å². The van der Waals surface area contributed by atoms with Gasteiger partial charge < -0.3 is 10.1 Å². The fourth-order valence-corrected chi connectivity index (χ4v) is 4.82. The molecule has 0 radical (unpaired) electrons. The van der Waals surface area contributed by atoms with Crippen molar-refractivity contribution >= 4 is 27.7 Å². The van der Waals surface area contributed by atoms with Crippen molar-refractivity contribution in [1.29, 1.82) is 0 Å². The van der Waals surface area contributed by atoms with Crippen molar-refractivity contribution in [1.82, 2.24) is 14.1 Å². The molecule has 1 aliphatic heterocycles. The second kappa shape index (κ2) is 9.40. The molecule has 0 spiro atoms. The summed E-state index contributed by atoms with van der Waals surface area (Å²) in [6, 6.07) is 7.90. The molecular formula is C20H26N4O5S. The van der Waals surface area contributed by atoms with Gasteiger partial charge in [-0.1, -0.05) is 18.6 Å². The summed E-state index contributed by atoms with van der Waals surface area (Å²) in [6.45, 7) is 2.47. The van der Waals surface area contributed by atoms with Gasteiger partial charge in [-0.15, -0.1) is 0 Å². The Labute approximate surface area is 176 Å². The number of ether oxygens (including phenoxy) is 1. The summed E-state index contributed by atoms with van der Waals surface area (Å²) in [6.07, 6.45) is 2.74. The molecule has 1 aromatic carbocycles. The molecule has 30 heavy (non-hydrogen) atoms. The van der Waals surface area contributed by atoms with Gasteiger partial charge in [0.2, 0.25) is 10.0 Å². The maximum Gasteiger partial charge on any atom is 0.310 e. The molecule has 2 aromatic rings. The summed E-state index contributed by atoms with van der Waals surface area (Å²) in [7, 11) is -1.81. The van der Waals surface area contributed by atoms with E-state index in [1.54, 1.807) is 32.2 Å². The topological polar surface area (TPSA) is 111 Å². The lowest BCUT2D eigenvalue weighted by molar-refractivity contribution is -0.146. The molecule has 0 aliphatic carbocycles. The number of hydrogen-bond acceptors (Lipinski definition) is 6. The number of benzene rings is 1. The van der Waals surface area contributed by atoms with Gasteiger partial charge in [-0.3, -0.25) is 14.3 Å². The van der Waals surface area contributed by atoms with Crippen molar-refractivity contribution < 1.29 is 22.7 Å². The number of hydrogen-bond donors (Lipinski definition) is 1. The van der Waals surface area contributed by atoms with E-state index in [1.165, 1.54) is 21.1 Å². The van der Waals surface area contributed by atoms with Crippen LogP contribution in [0.1, 0.15) is 30.5 Å². The maximum absolute atomic E-state index is 12.7. The first-order valence-corrected chi connectivity index (χ1v) is 11.2. The monoisotopic (exact) mass is 434 g/mol. The predicted molar refractivity (Wildman–Crippen MR) is 110 cm³/mol. The lowest BCUT2D eigenvalue weighted by atomic mass is 10.1. The molecule has 9 nitrogen and oxygen atoms in total. The number of esters is 1. The largest absolute Gasteiger partial charge is 0.455 e. The number of carbonyl (C=O) groups is 2. The standard InChI is InChI=1S/C20H26N4O5S/c1-15-12-18(23(2)22-15)21-19(25)14-29-20(26)13-16-6-8-17(9-7-16)30(27,28)24-10-4-3-5-11-24/h6-9,12H,3-5,10-11,13-14H2,1-2H3,(H,21,25). The van der Waals surface area contributed by atoms with E-state index in [0.717, 1.165) is 25.0 Å².